The summed E-state index contributed by atoms with van der Waals surface area (Å²) in [6, 6.07) is 7.31. The molecule has 0 saturated heterocycles. The predicted octanol–water partition coefficient (Wildman–Crippen LogP) is 6.63. The molecule has 3 aromatic rings. The van der Waals surface area contributed by atoms with Crippen LogP contribution in [-0.4, -0.2) is 16.9 Å². The molecule has 0 N–H and O–H groups in total. The van der Waals surface area contributed by atoms with Gasteiger partial charge in [0.1, 0.15) is 4.83 Å². The molecule has 0 aliphatic heterocycles. The van der Waals surface area contributed by atoms with Crippen LogP contribution >= 0.6 is 23.7 Å². The van der Waals surface area contributed by atoms with E-state index in [-0.39, 0.29) is 23.7 Å². The summed E-state index contributed by atoms with van der Waals surface area (Å²) < 4.78 is 40.1. The van der Waals surface area contributed by atoms with E-state index in [2.05, 4.69) is 4.98 Å². The molecule has 2 nitrogen and oxygen atoms in total. The molecule has 28 heavy (non-hydrogen) atoms. The first-order chi connectivity index (χ1) is 12.8. The zero-order valence-corrected chi connectivity index (χ0v) is 17.1. The van der Waals surface area contributed by atoms with Crippen LogP contribution in [0, 0.1) is 13.8 Å². The molecular weight excluding hydrogens is 407 g/mol. The van der Waals surface area contributed by atoms with Gasteiger partial charge in [0.25, 0.3) is 5.78 Å². The second kappa shape index (κ2) is 7.48. The van der Waals surface area contributed by atoms with Crippen LogP contribution in [0.3, 0.4) is 0 Å². The number of hydrogen-bond donors (Lipinski definition) is 0. The third-order valence-corrected chi connectivity index (χ3v) is 6.29. The first kappa shape index (κ1) is 20.8. The average Bonchev–Trinajstić information content (AvgIpc) is 2.98. The Balaban J connectivity index is 0.00000225. The smallest absolute Gasteiger partial charge is 0.284 e. The van der Waals surface area contributed by atoms with E-state index in [9.17, 15) is 18.0 Å². The Kier molecular flexibility index (Phi) is 5.56. The van der Waals surface area contributed by atoms with Crippen LogP contribution in [0.5, 0.6) is 0 Å². The van der Waals surface area contributed by atoms with Crippen LogP contribution in [0.2, 0.25) is 0 Å². The van der Waals surface area contributed by atoms with Crippen LogP contribution in [-0.2, 0) is 12.8 Å². The minimum absolute atomic E-state index is 0. The molecular formula is C21H19ClF3NOS. The Labute approximate surface area is 171 Å². The van der Waals surface area contributed by atoms with Crippen LogP contribution in [0.15, 0.2) is 24.3 Å². The monoisotopic (exact) mass is 425 g/mol. The van der Waals surface area contributed by atoms with Crippen molar-refractivity contribution in [3.8, 4) is 11.1 Å². The highest BCUT2D eigenvalue weighted by molar-refractivity contribution is 7.19. The summed E-state index contributed by atoms with van der Waals surface area (Å²) in [6.07, 6.45) is -1.12. The van der Waals surface area contributed by atoms with Gasteiger partial charge in [0, 0.05) is 15.8 Å². The Morgan fingerprint density at radius 1 is 1.07 bits per heavy atom. The quantitative estimate of drug-likeness (QED) is 0.431. The Hall–Kier alpha value is -1.92. The lowest BCUT2D eigenvalue weighted by Gasteiger charge is -2.17. The molecule has 1 aliphatic rings. The third-order valence-electron chi connectivity index (χ3n) is 5.11. The largest absolute Gasteiger partial charge is 0.454 e. The van der Waals surface area contributed by atoms with Gasteiger partial charge in [-0.15, -0.1) is 23.7 Å². The Morgan fingerprint density at radius 3 is 2.36 bits per heavy atom. The maximum absolute atomic E-state index is 13.4. The fourth-order valence-corrected chi connectivity index (χ4v) is 5.15. The summed E-state index contributed by atoms with van der Waals surface area (Å²) in [5.74, 6) is -1.82. The number of carbonyl (C=O) groups excluding carboxylic acids is 1. The first-order valence-corrected chi connectivity index (χ1v) is 9.72. The molecule has 0 spiro atoms. The zero-order valence-electron chi connectivity index (χ0n) is 15.4. The number of alkyl halides is 3. The summed E-state index contributed by atoms with van der Waals surface area (Å²) in [5.41, 5.74) is 2.93. The van der Waals surface area contributed by atoms with Crippen molar-refractivity contribution in [3.63, 3.8) is 0 Å². The van der Waals surface area contributed by atoms with Crippen molar-refractivity contribution in [2.24, 2.45) is 0 Å². The summed E-state index contributed by atoms with van der Waals surface area (Å²) in [7, 11) is 0. The van der Waals surface area contributed by atoms with Gasteiger partial charge < -0.3 is 0 Å². The molecule has 0 unspecified atom stereocenters. The number of rotatable bonds is 2. The highest BCUT2D eigenvalue weighted by Gasteiger charge is 2.42. The molecule has 0 atom stereocenters. The number of benzene rings is 1. The van der Waals surface area contributed by atoms with E-state index in [4.69, 9.17) is 0 Å². The second-order valence-corrected chi connectivity index (χ2v) is 8.11. The number of carbonyl (C=O) groups is 1. The van der Waals surface area contributed by atoms with Gasteiger partial charge in [-0.2, -0.15) is 13.2 Å². The van der Waals surface area contributed by atoms with E-state index >= 15 is 0 Å². The minimum atomic E-state index is -4.93. The number of fused-ring (bicyclic) bond motifs is 3. The fraction of sp³-hybridized carbons (Fsp3) is 0.333. The SMILES string of the molecule is Cc1ccc(-c2c(C(=O)C(F)(F)F)c(C)nc3sc4c(c23)CCCC4)cc1.Cl. The van der Waals surface area contributed by atoms with Gasteiger partial charge >= 0.3 is 6.18 Å². The van der Waals surface area contributed by atoms with Crippen LogP contribution in [0.25, 0.3) is 21.3 Å². The highest BCUT2D eigenvalue weighted by atomic mass is 35.5. The summed E-state index contributed by atoms with van der Waals surface area (Å²) in [4.78, 5) is 18.7. The molecule has 0 saturated carbocycles. The molecule has 148 valence electrons. The molecule has 0 bridgehead atoms. The standard InChI is InChI=1S/C21H18F3NOS.ClH/c1-11-7-9-13(10-8-11)17-16(19(26)21(22,23)24)12(2)25-20-18(17)14-5-3-4-6-15(14)27-20;/h7-10H,3-6H2,1-2H3;1H. The van der Waals surface area contributed by atoms with E-state index in [1.54, 1.807) is 23.5 Å². The van der Waals surface area contributed by atoms with Gasteiger partial charge in [0.05, 0.1) is 11.3 Å². The number of ketones is 1. The Bertz CT molecular complexity index is 1050. The molecule has 2 heterocycles. The average molecular weight is 426 g/mol. The predicted molar refractivity (Wildman–Crippen MR) is 109 cm³/mol. The van der Waals surface area contributed by atoms with E-state index in [0.717, 1.165) is 47.0 Å². The van der Waals surface area contributed by atoms with Crippen molar-refractivity contribution < 1.29 is 18.0 Å². The van der Waals surface area contributed by atoms with Crippen molar-refractivity contribution in [2.45, 2.75) is 45.7 Å². The maximum atomic E-state index is 13.4. The summed E-state index contributed by atoms with van der Waals surface area (Å²) in [5, 5.41) is 0.733. The lowest BCUT2D eigenvalue weighted by atomic mass is 9.88. The lowest BCUT2D eigenvalue weighted by Crippen LogP contribution is -2.25. The van der Waals surface area contributed by atoms with E-state index in [1.165, 1.54) is 11.8 Å². The molecule has 0 fully saturated rings. The van der Waals surface area contributed by atoms with Crippen molar-refractivity contribution in [3.05, 3.63) is 51.5 Å². The fourth-order valence-electron chi connectivity index (χ4n) is 3.83. The second-order valence-electron chi connectivity index (χ2n) is 7.03. The summed E-state index contributed by atoms with van der Waals surface area (Å²) >= 11 is 1.55. The van der Waals surface area contributed by atoms with E-state index < -0.39 is 12.0 Å². The molecule has 2 aromatic heterocycles. The van der Waals surface area contributed by atoms with Crippen LogP contribution in [0.1, 0.15) is 44.9 Å². The van der Waals surface area contributed by atoms with E-state index in [1.807, 2.05) is 19.1 Å². The molecule has 1 aliphatic carbocycles. The maximum Gasteiger partial charge on any atom is 0.454 e. The molecule has 1 aromatic carbocycles. The molecule has 7 heteroatoms. The van der Waals surface area contributed by atoms with Gasteiger partial charge in [-0.1, -0.05) is 29.8 Å². The number of nitrogens with zero attached hydrogens (tertiary/aromatic N) is 1. The number of aryl methyl sites for hydroxylation is 4. The molecule has 4 rings (SSSR count). The lowest BCUT2D eigenvalue weighted by molar-refractivity contribution is -0.0885. The third kappa shape index (κ3) is 3.44. The number of halogens is 4. The molecule has 0 radical (unpaired) electrons. The highest BCUT2D eigenvalue weighted by Crippen LogP contribution is 2.44. The number of hydrogen-bond acceptors (Lipinski definition) is 3. The van der Waals surface area contributed by atoms with Crippen molar-refractivity contribution >= 4 is 39.7 Å². The number of thiophene rings is 1. The zero-order chi connectivity index (χ0) is 19.3. The van der Waals surface area contributed by atoms with Crippen LogP contribution < -0.4 is 0 Å². The van der Waals surface area contributed by atoms with Gasteiger partial charge in [-0.25, -0.2) is 4.98 Å². The molecule has 0 amide bonds. The normalized spacial score (nSPS) is 13.9. The van der Waals surface area contributed by atoms with Gasteiger partial charge in [-0.05, 0) is 50.7 Å². The van der Waals surface area contributed by atoms with Crippen molar-refractivity contribution in [1.29, 1.82) is 0 Å². The first-order valence-electron chi connectivity index (χ1n) is 8.91. The van der Waals surface area contributed by atoms with Crippen LogP contribution in [0.4, 0.5) is 13.2 Å². The van der Waals surface area contributed by atoms with Gasteiger partial charge in [0.2, 0.25) is 0 Å². The van der Waals surface area contributed by atoms with Gasteiger partial charge in [-0.3, -0.25) is 4.79 Å². The van der Waals surface area contributed by atoms with E-state index in [0.29, 0.717) is 11.1 Å². The van der Waals surface area contributed by atoms with Crippen molar-refractivity contribution in [1.82, 2.24) is 4.98 Å². The van der Waals surface area contributed by atoms with Crippen molar-refractivity contribution in [2.75, 3.05) is 0 Å². The Morgan fingerprint density at radius 2 is 1.71 bits per heavy atom. The number of Topliss-reactive ketones (excluding diaryl/α,β-unsaturated/α-hetero) is 1. The topological polar surface area (TPSA) is 30.0 Å². The van der Waals surface area contributed by atoms with Gasteiger partial charge in [0.15, 0.2) is 0 Å². The number of aromatic nitrogens is 1. The minimum Gasteiger partial charge on any atom is -0.284 e. The number of pyridine rings is 1. The summed E-state index contributed by atoms with van der Waals surface area (Å²) in [6.45, 7) is 3.42.